The molecule has 3 aliphatic rings. The largest absolute Gasteiger partial charge is 0.503 e. The van der Waals surface area contributed by atoms with Gasteiger partial charge in [0.1, 0.15) is 11.5 Å². The Bertz CT molecular complexity index is 1070. The van der Waals surface area contributed by atoms with Gasteiger partial charge in [0, 0.05) is 13.1 Å². The quantitative estimate of drug-likeness (QED) is 0.707. The molecule has 1 N–H and O–H groups in total. The molecule has 1 aromatic rings. The Morgan fingerprint density at radius 2 is 1.80 bits per heavy atom. The Morgan fingerprint density at radius 1 is 1.09 bits per heavy atom. The summed E-state index contributed by atoms with van der Waals surface area (Å²) in [5.41, 5.74) is 0.934. The number of amides is 2. The van der Waals surface area contributed by atoms with Crippen LogP contribution in [0.4, 0.5) is 4.39 Å². The standard InChI is InChI=1S/C27H34FN3O4/c1-3-20-15-19(10-11-21(20)28)17-30-14-8-9-22-24(33)18-29(2)27(12-6-4-5-7-13-27)31(22)26(35)23(32)16-25(30)34/h9-11,15-16,32H,3-8,12-14,17-18H2,1-2H3/b22-9+,23-16-. The minimum Gasteiger partial charge on any atom is -0.503 e. The molecule has 1 aliphatic carbocycles. The van der Waals surface area contributed by atoms with E-state index in [4.69, 9.17) is 0 Å². The molecule has 0 aromatic heterocycles. The maximum Gasteiger partial charge on any atom is 0.294 e. The van der Waals surface area contributed by atoms with Crippen molar-refractivity contribution in [2.75, 3.05) is 20.1 Å². The van der Waals surface area contributed by atoms with E-state index in [1.165, 1.54) is 15.9 Å². The highest BCUT2D eigenvalue weighted by molar-refractivity contribution is 6.06. The molecule has 2 heterocycles. The monoisotopic (exact) mass is 483 g/mol. The van der Waals surface area contributed by atoms with Crippen molar-refractivity contribution in [1.29, 1.82) is 0 Å². The molecule has 8 heteroatoms. The summed E-state index contributed by atoms with van der Waals surface area (Å²) in [5, 5.41) is 10.8. The van der Waals surface area contributed by atoms with Crippen molar-refractivity contribution in [3.8, 4) is 0 Å². The third-order valence-electron chi connectivity index (χ3n) is 7.53. The smallest absolute Gasteiger partial charge is 0.294 e. The molecule has 0 bridgehead atoms. The summed E-state index contributed by atoms with van der Waals surface area (Å²) in [6.07, 6.45) is 8.98. The number of aryl methyl sites for hydroxylation is 1. The van der Waals surface area contributed by atoms with Crippen LogP contribution in [0, 0.1) is 5.82 Å². The van der Waals surface area contributed by atoms with Crippen molar-refractivity contribution in [3.63, 3.8) is 0 Å². The number of hydrogen-bond acceptors (Lipinski definition) is 5. The van der Waals surface area contributed by atoms with Crippen LogP contribution in [0.25, 0.3) is 0 Å². The maximum absolute atomic E-state index is 13.9. The lowest BCUT2D eigenvalue weighted by molar-refractivity contribution is -0.154. The number of benzene rings is 1. The number of carbonyl (C=O) groups excluding carboxylic acids is 3. The predicted octanol–water partition coefficient (Wildman–Crippen LogP) is 3.84. The van der Waals surface area contributed by atoms with Crippen LogP contribution in [0.2, 0.25) is 0 Å². The summed E-state index contributed by atoms with van der Waals surface area (Å²) >= 11 is 0. The first-order valence-corrected chi connectivity index (χ1v) is 12.5. The highest BCUT2D eigenvalue weighted by Crippen LogP contribution is 2.41. The number of Topliss-reactive ketones (excluding diaryl/α,β-unsaturated/α-hetero) is 1. The highest BCUT2D eigenvalue weighted by Gasteiger charge is 2.50. The number of aliphatic hydroxyl groups is 1. The summed E-state index contributed by atoms with van der Waals surface area (Å²) in [6, 6.07) is 4.75. The van der Waals surface area contributed by atoms with Crippen molar-refractivity contribution < 1.29 is 23.9 Å². The van der Waals surface area contributed by atoms with Gasteiger partial charge in [-0.1, -0.05) is 38.0 Å². The van der Waals surface area contributed by atoms with Crippen LogP contribution in [0.3, 0.4) is 0 Å². The lowest BCUT2D eigenvalue weighted by Gasteiger charge is -2.53. The van der Waals surface area contributed by atoms with E-state index in [0.717, 1.165) is 37.3 Å². The normalized spacial score (nSPS) is 24.9. The number of halogens is 1. The van der Waals surface area contributed by atoms with Gasteiger partial charge in [-0.15, -0.1) is 0 Å². The average molecular weight is 484 g/mol. The Kier molecular flexibility index (Phi) is 7.40. The molecule has 0 radical (unpaired) electrons. The molecule has 2 amide bonds. The Hall–Kier alpha value is -3.00. The first-order valence-electron chi connectivity index (χ1n) is 12.5. The summed E-state index contributed by atoms with van der Waals surface area (Å²) in [6.45, 7) is 2.57. The number of ketones is 1. The van der Waals surface area contributed by atoms with Crippen LogP contribution >= 0.6 is 0 Å². The summed E-state index contributed by atoms with van der Waals surface area (Å²) in [5.74, 6) is -2.35. The number of rotatable bonds is 3. The third kappa shape index (κ3) is 4.89. The molecule has 0 unspecified atom stereocenters. The van der Waals surface area contributed by atoms with Gasteiger partial charge in [-0.05, 0) is 62.8 Å². The first-order chi connectivity index (χ1) is 16.8. The fourth-order valence-corrected chi connectivity index (χ4v) is 5.59. The van der Waals surface area contributed by atoms with Gasteiger partial charge in [-0.2, -0.15) is 0 Å². The zero-order valence-corrected chi connectivity index (χ0v) is 20.6. The molecule has 1 saturated heterocycles. The predicted molar refractivity (Wildman–Crippen MR) is 130 cm³/mol. The van der Waals surface area contributed by atoms with E-state index in [2.05, 4.69) is 0 Å². The highest BCUT2D eigenvalue weighted by atomic mass is 19.1. The Labute approximate surface area is 205 Å². The summed E-state index contributed by atoms with van der Waals surface area (Å²) < 4.78 is 13.9. The fraction of sp³-hybridized carbons (Fsp3) is 0.519. The van der Waals surface area contributed by atoms with Crippen molar-refractivity contribution in [2.24, 2.45) is 0 Å². The Balaban J connectivity index is 1.68. The SMILES string of the molecule is CCc1cc(CN2CC/C=C3\C(=O)CN(C)C4(CCCCCC4)N3C(=O)/C(O)=C/C2=O)ccc1F. The van der Waals surface area contributed by atoms with Gasteiger partial charge in [-0.25, -0.2) is 4.39 Å². The molecule has 1 aromatic carbocycles. The van der Waals surface area contributed by atoms with E-state index in [0.29, 0.717) is 43.5 Å². The number of aliphatic hydroxyl groups excluding tert-OH is 1. The van der Waals surface area contributed by atoms with E-state index >= 15 is 0 Å². The van der Waals surface area contributed by atoms with Crippen LogP contribution < -0.4 is 0 Å². The van der Waals surface area contributed by atoms with Gasteiger partial charge in [-0.3, -0.25) is 24.2 Å². The van der Waals surface area contributed by atoms with Gasteiger partial charge in [0.2, 0.25) is 0 Å². The molecular weight excluding hydrogens is 449 g/mol. The van der Waals surface area contributed by atoms with Gasteiger partial charge < -0.3 is 10.0 Å². The molecular formula is C27H34FN3O4. The van der Waals surface area contributed by atoms with E-state index in [9.17, 15) is 23.9 Å². The molecule has 188 valence electrons. The van der Waals surface area contributed by atoms with Gasteiger partial charge in [0.15, 0.2) is 11.5 Å². The minimum atomic E-state index is -0.719. The Morgan fingerprint density at radius 3 is 2.49 bits per heavy atom. The van der Waals surface area contributed by atoms with E-state index in [1.807, 2.05) is 18.9 Å². The van der Waals surface area contributed by atoms with Crippen molar-refractivity contribution in [1.82, 2.24) is 14.7 Å². The van der Waals surface area contributed by atoms with E-state index in [-0.39, 0.29) is 24.7 Å². The van der Waals surface area contributed by atoms with Gasteiger partial charge in [0.05, 0.1) is 18.3 Å². The summed E-state index contributed by atoms with van der Waals surface area (Å²) in [7, 11) is 1.85. The van der Waals surface area contributed by atoms with Gasteiger partial charge >= 0.3 is 0 Å². The van der Waals surface area contributed by atoms with E-state index in [1.54, 1.807) is 18.2 Å². The van der Waals surface area contributed by atoms with Crippen molar-refractivity contribution in [2.45, 2.75) is 70.5 Å². The number of nitrogens with zero attached hydrogens (tertiary/aromatic N) is 3. The van der Waals surface area contributed by atoms with Crippen LogP contribution in [0.1, 0.15) is 63.0 Å². The molecule has 7 nitrogen and oxygen atoms in total. The fourth-order valence-electron chi connectivity index (χ4n) is 5.59. The van der Waals surface area contributed by atoms with Crippen LogP contribution in [0.5, 0.6) is 0 Å². The molecule has 2 aliphatic heterocycles. The first kappa shape index (κ1) is 25.1. The van der Waals surface area contributed by atoms with Crippen molar-refractivity contribution in [3.05, 3.63) is 58.8 Å². The molecule has 2 fully saturated rings. The average Bonchev–Trinajstić information content (AvgIpc) is 3.08. The molecule has 0 atom stereocenters. The van der Waals surface area contributed by atoms with E-state index < -0.39 is 23.2 Å². The van der Waals surface area contributed by atoms with Crippen LogP contribution in [0.15, 0.2) is 41.8 Å². The topological polar surface area (TPSA) is 81.2 Å². The molecule has 35 heavy (non-hydrogen) atoms. The molecule has 1 spiro atoms. The maximum atomic E-state index is 13.9. The third-order valence-corrected chi connectivity index (χ3v) is 7.53. The lowest BCUT2D eigenvalue weighted by Crippen LogP contribution is -2.66. The minimum absolute atomic E-state index is 0.173. The second kappa shape index (κ2) is 10.3. The molecule has 1 saturated carbocycles. The number of fused-ring (bicyclic) bond motifs is 2. The van der Waals surface area contributed by atoms with Crippen LogP contribution in [-0.4, -0.2) is 63.2 Å². The number of carbonyl (C=O) groups is 3. The van der Waals surface area contributed by atoms with Crippen molar-refractivity contribution >= 4 is 17.6 Å². The zero-order valence-electron chi connectivity index (χ0n) is 20.6. The lowest BCUT2D eigenvalue weighted by atomic mass is 9.90. The second-order valence-electron chi connectivity index (χ2n) is 9.76. The summed E-state index contributed by atoms with van der Waals surface area (Å²) in [4.78, 5) is 44.6. The van der Waals surface area contributed by atoms with Gasteiger partial charge in [0.25, 0.3) is 11.8 Å². The number of hydrogen-bond donors (Lipinski definition) is 1. The van der Waals surface area contributed by atoms with Crippen LogP contribution in [-0.2, 0) is 27.3 Å². The number of likely N-dealkylation sites (N-methyl/N-ethyl adjacent to an activating group) is 1. The molecule has 4 rings (SSSR count). The zero-order chi connectivity index (χ0) is 25.2. The second-order valence-corrected chi connectivity index (χ2v) is 9.76.